The molecule has 0 saturated carbocycles. The summed E-state index contributed by atoms with van der Waals surface area (Å²) in [7, 11) is 0. The smallest absolute Gasteiger partial charge is 0.293 e. The highest BCUT2D eigenvalue weighted by atomic mass is 35.5. The topological polar surface area (TPSA) is 56.0 Å². The van der Waals surface area contributed by atoms with Crippen molar-refractivity contribution in [2.24, 2.45) is 0 Å². The van der Waals surface area contributed by atoms with E-state index in [1.54, 1.807) is 6.07 Å². The Morgan fingerprint density at radius 2 is 2.31 bits per heavy atom. The predicted molar refractivity (Wildman–Crippen MR) is 58.6 cm³/mol. The molecule has 2 rings (SSSR count). The molecule has 5 heteroatoms. The molecule has 1 heterocycles. The zero-order valence-electron chi connectivity index (χ0n) is 8.61. The van der Waals surface area contributed by atoms with Crippen molar-refractivity contribution < 1.29 is 9.32 Å². The van der Waals surface area contributed by atoms with Gasteiger partial charge in [0.15, 0.2) is 5.82 Å². The number of Topliss-reactive ketones (excluding diaryl/α,β-unsaturated/α-hetero) is 1. The first-order valence-electron chi connectivity index (χ1n) is 4.73. The van der Waals surface area contributed by atoms with Gasteiger partial charge in [0, 0.05) is 18.4 Å². The van der Waals surface area contributed by atoms with Gasteiger partial charge in [-0.3, -0.25) is 4.79 Å². The van der Waals surface area contributed by atoms with Crippen LogP contribution in [0, 0.1) is 0 Å². The second-order valence-corrected chi connectivity index (χ2v) is 3.82. The second-order valence-electron chi connectivity index (χ2n) is 3.38. The minimum absolute atomic E-state index is 0.0389. The van der Waals surface area contributed by atoms with Crippen LogP contribution in [0.1, 0.15) is 29.0 Å². The maximum atomic E-state index is 10.9. The summed E-state index contributed by atoms with van der Waals surface area (Å²) in [5.41, 5.74) is 0.975. The van der Waals surface area contributed by atoms with Crippen molar-refractivity contribution in [2.75, 3.05) is 0 Å². The van der Waals surface area contributed by atoms with Gasteiger partial charge in [-0.2, -0.15) is 4.98 Å². The summed E-state index contributed by atoms with van der Waals surface area (Å²) < 4.78 is 4.78. The molecular formula is C11H9ClN2O2. The molecule has 16 heavy (non-hydrogen) atoms. The van der Waals surface area contributed by atoms with E-state index in [1.807, 2.05) is 18.2 Å². The Labute approximate surface area is 97.2 Å². The Bertz CT molecular complexity index is 522. The van der Waals surface area contributed by atoms with Gasteiger partial charge >= 0.3 is 0 Å². The lowest BCUT2D eigenvalue weighted by atomic mass is 10.1. The number of aromatic nitrogens is 2. The first-order chi connectivity index (χ1) is 7.65. The molecule has 0 N–H and O–H groups in total. The molecule has 4 nitrogen and oxygen atoms in total. The minimum atomic E-state index is -0.232. The van der Waals surface area contributed by atoms with Crippen LogP contribution >= 0.6 is 11.6 Å². The number of carbonyl (C=O) groups is 1. The third-order valence-electron chi connectivity index (χ3n) is 2.02. The number of halogens is 1. The Hall–Kier alpha value is -1.68. The molecule has 0 atom stereocenters. The number of rotatable bonds is 3. The fourth-order valence-electron chi connectivity index (χ4n) is 1.30. The van der Waals surface area contributed by atoms with Gasteiger partial charge < -0.3 is 4.52 Å². The maximum Gasteiger partial charge on any atom is 0.293 e. The number of benzene rings is 1. The van der Waals surface area contributed by atoms with E-state index in [0.717, 1.165) is 5.56 Å². The van der Waals surface area contributed by atoms with E-state index < -0.39 is 0 Å². The van der Waals surface area contributed by atoms with Crippen molar-refractivity contribution in [1.82, 2.24) is 10.1 Å². The molecule has 0 aliphatic heterocycles. The zero-order chi connectivity index (χ0) is 11.5. The zero-order valence-corrected chi connectivity index (χ0v) is 9.36. The second kappa shape index (κ2) is 4.45. The molecule has 0 radical (unpaired) electrons. The number of nitrogens with zero attached hydrogens (tertiary/aromatic N) is 2. The molecule has 0 unspecified atom stereocenters. The lowest BCUT2D eigenvalue weighted by Crippen LogP contribution is -1.94. The van der Waals surface area contributed by atoms with Gasteiger partial charge in [0.05, 0.1) is 0 Å². The first kappa shape index (κ1) is 10.8. The van der Waals surface area contributed by atoms with Crippen LogP contribution in [0.3, 0.4) is 0 Å². The van der Waals surface area contributed by atoms with Crippen LogP contribution in [-0.4, -0.2) is 15.9 Å². The summed E-state index contributed by atoms with van der Waals surface area (Å²) in [6, 6.07) is 7.38. The third-order valence-corrected chi connectivity index (χ3v) is 2.26. The Morgan fingerprint density at radius 3 is 2.94 bits per heavy atom. The van der Waals surface area contributed by atoms with Crippen LogP contribution in [-0.2, 0) is 6.42 Å². The molecular weight excluding hydrogens is 228 g/mol. The van der Waals surface area contributed by atoms with Crippen LogP contribution in [0.15, 0.2) is 28.8 Å². The Morgan fingerprint density at radius 1 is 1.50 bits per heavy atom. The molecule has 0 spiro atoms. The molecule has 0 aliphatic carbocycles. The number of hydrogen-bond donors (Lipinski definition) is 0. The molecule has 2 aromatic rings. The Kier molecular flexibility index (Phi) is 3.01. The summed E-state index contributed by atoms with van der Waals surface area (Å²) in [4.78, 5) is 14.9. The molecule has 0 amide bonds. The van der Waals surface area contributed by atoms with Crippen molar-refractivity contribution in [3.05, 3.63) is 46.6 Å². The van der Waals surface area contributed by atoms with E-state index in [4.69, 9.17) is 16.1 Å². The summed E-state index contributed by atoms with van der Waals surface area (Å²) >= 11 is 5.85. The molecule has 0 bridgehead atoms. The summed E-state index contributed by atoms with van der Waals surface area (Å²) in [6.07, 6.45) is 0.497. The van der Waals surface area contributed by atoms with E-state index in [2.05, 4.69) is 10.1 Å². The van der Waals surface area contributed by atoms with Crippen LogP contribution in [0.5, 0.6) is 0 Å². The fraction of sp³-hybridized carbons (Fsp3) is 0.182. The fourth-order valence-corrected chi connectivity index (χ4v) is 1.51. The highest BCUT2D eigenvalue weighted by Crippen LogP contribution is 2.13. The molecule has 1 aromatic heterocycles. The maximum absolute atomic E-state index is 10.9. The average molecular weight is 237 g/mol. The Balaban J connectivity index is 2.17. The van der Waals surface area contributed by atoms with E-state index >= 15 is 0 Å². The number of carbonyl (C=O) groups excluding carboxylic acids is 1. The van der Waals surface area contributed by atoms with Crippen molar-refractivity contribution >= 4 is 17.4 Å². The van der Waals surface area contributed by atoms with Gasteiger partial charge in [0.2, 0.25) is 5.78 Å². The highest BCUT2D eigenvalue weighted by Gasteiger charge is 2.10. The van der Waals surface area contributed by atoms with Crippen LogP contribution < -0.4 is 0 Å². The monoisotopic (exact) mass is 236 g/mol. The minimum Gasteiger partial charge on any atom is -0.331 e. The van der Waals surface area contributed by atoms with Gasteiger partial charge in [0.1, 0.15) is 0 Å². The van der Waals surface area contributed by atoms with Crippen molar-refractivity contribution in [3.63, 3.8) is 0 Å². The lowest BCUT2D eigenvalue weighted by molar-refractivity contribution is 0.0972. The average Bonchev–Trinajstić information content (AvgIpc) is 2.66. The van der Waals surface area contributed by atoms with Crippen LogP contribution in [0.25, 0.3) is 0 Å². The van der Waals surface area contributed by atoms with Gasteiger partial charge in [-0.05, 0) is 17.7 Å². The number of ketones is 1. The molecule has 0 aliphatic rings. The largest absolute Gasteiger partial charge is 0.331 e. The van der Waals surface area contributed by atoms with Crippen molar-refractivity contribution in [3.8, 4) is 0 Å². The third kappa shape index (κ3) is 2.46. The lowest BCUT2D eigenvalue weighted by Gasteiger charge is -1.96. The van der Waals surface area contributed by atoms with Gasteiger partial charge in [0.25, 0.3) is 5.89 Å². The SMILES string of the molecule is CC(=O)c1nc(Cc2cccc(Cl)c2)no1. The van der Waals surface area contributed by atoms with E-state index in [1.165, 1.54) is 6.92 Å². The van der Waals surface area contributed by atoms with Crippen LogP contribution in [0.2, 0.25) is 5.02 Å². The van der Waals surface area contributed by atoms with Crippen molar-refractivity contribution in [1.29, 1.82) is 0 Å². The van der Waals surface area contributed by atoms with Gasteiger partial charge in [-0.15, -0.1) is 0 Å². The molecule has 1 aromatic carbocycles. The summed E-state index contributed by atoms with van der Waals surface area (Å²) in [5.74, 6) is 0.286. The standard InChI is InChI=1S/C11H9ClN2O2/c1-7(15)11-13-10(14-16-11)6-8-3-2-4-9(12)5-8/h2-5H,6H2,1H3. The van der Waals surface area contributed by atoms with E-state index in [9.17, 15) is 4.79 Å². The van der Waals surface area contributed by atoms with Gasteiger partial charge in [-0.1, -0.05) is 28.9 Å². The summed E-state index contributed by atoms with van der Waals surface area (Å²) in [6.45, 7) is 1.39. The van der Waals surface area contributed by atoms with Crippen LogP contribution in [0.4, 0.5) is 0 Å². The van der Waals surface area contributed by atoms with Gasteiger partial charge in [-0.25, -0.2) is 0 Å². The predicted octanol–water partition coefficient (Wildman–Crippen LogP) is 2.52. The van der Waals surface area contributed by atoms with E-state index in [-0.39, 0.29) is 11.7 Å². The normalized spacial score (nSPS) is 10.4. The molecule has 0 fully saturated rings. The molecule has 0 saturated heterocycles. The van der Waals surface area contributed by atoms with Crippen molar-refractivity contribution in [2.45, 2.75) is 13.3 Å². The number of hydrogen-bond acceptors (Lipinski definition) is 4. The first-order valence-corrected chi connectivity index (χ1v) is 5.11. The quantitative estimate of drug-likeness (QED) is 0.769. The van der Waals surface area contributed by atoms with E-state index in [0.29, 0.717) is 17.3 Å². The summed E-state index contributed by atoms with van der Waals surface area (Å²) in [5, 5.41) is 4.37. The highest BCUT2D eigenvalue weighted by molar-refractivity contribution is 6.30. The molecule has 82 valence electrons.